The minimum atomic E-state index is 0. The molecule has 0 aromatic heterocycles. The number of rotatable bonds is 0. The molecule has 0 saturated heterocycles. The molecule has 0 aromatic rings. The summed E-state index contributed by atoms with van der Waals surface area (Å²) in [5.74, 6) is 0. The van der Waals surface area contributed by atoms with E-state index >= 15 is 0 Å². The van der Waals surface area contributed by atoms with E-state index in [1.807, 2.05) is 0 Å². The van der Waals surface area contributed by atoms with Gasteiger partial charge in [-0.15, -0.1) is 0 Å². The second-order valence-corrected chi connectivity index (χ2v) is 0. The molecular weight excluding hydrogens is 798 g/mol. The maximum absolute atomic E-state index is 0. The van der Waals surface area contributed by atoms with Gasteiger partial charge >= 0.3 is 0 Å². The van der Waals surface area contributed by atoms with Crippen LogP contribution in [0.2, 0.25) is 0 Å². The molecule has 0 aromatic carbocycles. The molecule has 0 heterocycles. The standard InChI is InChI=1S/Au.Bi.Cu.Pb.Sb. The summed E-state index contributed by atoms with van der Waals surface area (Å²) < 4.78 is 0. The van der Waals surface area contributed by atoms with Crippen LogP contribution < -0.4 is 0 Å². The van der Waals surface area contributed by atoms with Gasteiger partial charge in [0.15, 0.2) is 0 Å². The van der Waals surface area contributed by atoms with Crippen molar-refractivity contribution in [3.8, 4) is 0 Å². The summed E-state index contributed by atoms with van der Waals surface area (Å²) in [6, 6.07) is 0. The first-order valence-corrected chi connectivity index (χ1v) is 0. The van der Waals surface area contributed by atoms with Crippen molar-refractivity contribution in [1.82, 2.24) is 0 Å². The Balaban J connectivity index is 0. The summed E-state index contributed by atoms with van der Waals surface area (Å²) in [6.07, 6.45) is 0. The molecular formula is AuBiCuPbSb. The normalized spacial score (nSPS) is 0. The van der Waals surface area contributed by atoms with Crippen LogP contribution in [0, 0.1) is 0 Å². The Morgan fingerprint density at radius 3 is 1.00 bits per heavy atom. The fourth-order valence-electron chi connectivity index (χ4n) is 0. The number of hydrogen-bond acceptors (Lipinski definition) is 0. The smallest absolute Gasteiger partial charge is 0 e. The first kappa shape index (κ1) is 36.6. The van der Waals surface area contributed by atoms with Crippen LogP contribution in [0.5, 0.6) is 0 Å². The molecule has 36 valence electrons. The molecule has 5 heavy (non-hydrogen) atoms. The zero-order valence-electron chi connectivity index (χ0n) is 2.00. The van der Waals surface area contributed by atoms with Gasteiger partial charge < -0.3 is 0 Å². The topological polar surface area (TPSA) is 0 Å². The third-order valence-corrected chi connectivity index (χ3v) is 0. The van der Waals surface area contributed by atoms with Crippen LogP contribution in [0.1, 0.15) is 0 Å². The van der Waals surface area contributed by atoms with Gasteiger partial charge in [0.2, 0.25) is 0 Å². The zero-order chi connectivity index (χ0) is 0. The third kappa shape index (κ3) is 18.1. The fourth-order valence-corrected chi connectivity index (χ4v) is 0. The minimum absolute atomic E-state index is 0. The van der Waals surface area contributed by atoms with Crippen LogP contribution in [-0.2, 0) is 39.4 Å². The Morgan fingerprint density at radius 1 is 1.00 bits per heavy atom. The maximum Gasteiger partial charge on any atom is 0 e. The molecule has 5 heteroatoms. The van der Waals surface area contributed by atoms with Crippen molar-refractivity contribution in [3.63, 3.8) is 0 Å². The Morgan fingerprint density at radius 2 is 1.00 bits per heavy atom. The van der Waals surface area contributed by atoms with E-state index in [-0.39, 0.29) is 117 Å². The minimum Gasteiger partial charge on any atom is 0 e. The van der Waals surface area contributed by atoms with E-state index in [4.69, 9.17) is 0 Å². The second kappa shape index (κ2) is 24.8. The molecule has 0 bridgehead atoms. The zero-order valence-corrected chi connectivity index (χ0v) is 15.0. The van der Waals surface area contributed by atoms with Gasteiger partial charge in [-0.2, -0.15) is 0 Å². The summed E-state index contributed by atoms with van der Waals surface area (Å²) in [4.78, 5) is 0. The van der Waals surface area contributed by atoms with Crippen LogP contribution >= 0.6 is 0 Å². The molecule has 0 aliphatic heterocycles. The third-order valence-electron chi connectivity index (χ3n) is 0. The first-order chi connectivity index (χ1) is 0. The van der Waals surface area contributed by atoms with Crippen molar-refractivity contribution in [2.24, 2.45) is 0 Å². The Labute approximate surface area is 115 Å². The average Bonchev–Trinajstić information content (AvgIpc) is 0. The van der Waals surface area contributed by atoms with Crippen molar-refractivity contribution in [3.05, 3.63) is 0 Å². The Hall–Kier alpha value is 3.88. The fraction of sp³-hybridized carbons (Fsp3) is 0. The molecule has 12 radical (unpaired) electrons. The largest absolute Gasteiger partial charge is 0 e. The molecule has 0 spiro atoms. The molecule has 0 nitrogen and oxygen atoms in total. The van der Waals surface area contributed by atoms with Gasteiger partial charge in [-0.3, -0.25) is 0 Å². The predicted molar refractivity (Wildman–Crippen MR) is 17.3 cm³/mol. The van der Waals surface area contributed by atoms with Gasteiger partial charge in [0, 0.05) is 117 Å². The average molecular weight is 798 g/mol. The van der Waals surface area contributed by atoms with Gasteiger partial charge in [0.1, 0.15) is 0 Å². The molecule has 0 aliphatic carbocycles. The second-order valence-electron chi connectivity index (χ2n) is 0. The molecule has 0 rings (SSSR count). The van der Waals surface area contributed by atoms with Gasteiger partial charge in [-0.05, 0) is 0 Å². The van der Waals surface area contributed by atoms with E-state index in [0.29, 0.717) is 0 Å². The summed E-state index contributed by atoms with van der Waals surface area (Å²) in [5, 5.41) is 0. The quantitative estimate of drug-likeness (QED) is 0.272. The van der Waals surface area contributed by atoms with Crippen molar-refractivity contribution < 1.29 is 39.4 Å². The maximum atomic E-state index is 0. The molecule has 0 unspecified atom stereocenters. The molecule has 0 fully saturated rings. The van der Waals surface area contributed by atoms with Gasteiger partial charge in [-0.25, -0.2) is 0 Å². The van der Waals surface area contributed by atoms with E-state index in [0.717, 1.165) is 0 Å². The molecule has 0 saturated carbocycles. The van der Waals surface area contributed by atoms with Gasteiger partial charge in [0.25, 0.3) is 0 Å². The van der Waals surface area contributed by atoms with Crippen molar-refractivity contribution in [2.75, 3.05) is 0 Å². The SMILES string of the molecule is [Au].[Bi].[Cu].[Pb].[Sb]. The van der Waals surface area contributed by atoms with E-state index < -0.39 is 0 Å². The van der Waals surface area contributed by atoms with Gasteiger partial charge in [-0.1, -0.05) is 0 Å². The monoisotopic (exact) mass is 798 g/mol. The Bertz CT molecular complexity index is 11.6. The summed E-state index contributed by atoms with van der Waals surface area (Å²) >= 11 is 0. The van der Waals surface area contributed by atoms with Crippen molar-refractivity contribution in [1.29, 1.82) is 0 Å². The van der Waals surface area contributed by atoms with E-state index in [2.05, 4.69) is 0 Å². The van der Waals surface area contributed by atoms with E-state index in [1.165, 1.54) is 0 Å². The van der Waals surface area contributed by atoms with Crippen molar-refractivity contribution >= 4 is 77.9 Å². The van der Waals surface area contributed by atoms with Gasteiger partial charge in [0.05, 0.1) is 0 Å². The summed E-state index contributed by atoms with van der Waals surface area (Å²) in [6.45, 7) is 0. The van der Waals surface area contributed by atoms with Crippen molar-refractivity contribution in [2.45, 2.75) is 0 Å². The molecule has 0 N–H and O–H groups in total. The number of hydrogen-bond donors (Lipinski definition) is 0. The molecule has 0 aliphatic rings. The van der Waals surface area contributed by atoms with Crippen LogP contribution in [0.3, 0.4) is 0 Å². The summed E-state index contributed by atoms with van der Waals surface area (Å²) in [5.41, 5.74) is 0. The van der Waals surface area contributed by atoms with Crippen LogP contribution in [0.15, 0.2) is 0 Å². The molecule has 0 atom stereocenters. The first-order valence-electron chi connectivity index (χ1n) is 0. The summed E-state index contributed by atoms with van der Waals surface area (Å²) in [7, 11) is 0. The predicted octanol–water partition coefficient (Wildman–Crippen LogP) is -1.15. The Kier molecular flexibility index (Phi) is 181. The van der Waals surface area contributed by atoms with E-state index in [9.17, 15) is 0 Å². The molecule has 0 amide bonds. The van der Waals surface area contributed by atoms with Crippen LogP contribution in [0.4, 0.5) is 0 Å². The van der Waals surface area contributed by atoms with E-state index in [1.54, 1.807) is 0 Å². The van der Waals surface area contributed by atoms with Crippen LogP contribution in [-0.4, -0.2) is 77.9 Å². The van der Waals surface area contributed by atoms with Crippen LogP contribution in [0.25, 0.3) is 0 Å².